The summed E-state index contributed by atoms with van der Waals surface area (Å²) in [5.74, 6) is 0. The summed E-state index contributed by atoms with van der Waals surface area (Å²) in [6, 6.07) is 0. The fourth-order valence-electron chi connectivity index (χ4n) is 0.630. The monoisotopic (exact) mass is 111 g/mol. The third-order valence-corrected chi connectivity index (χ3v) is 1.14. The smallest absolute Gasteiger partial charge is 0.0352 e. The summed E-state index contributed by atoms with van der Waals surface area (Å²) < 4.78 is 0. The predicted molar refractivity (Wildman–Crippen MR) is 38.1 cm³/mol. The number of unbranched alkanes of at least 4 members (excludes halogenated alkanes) is 5. The standard InChI is InChI=1S/C8H15/c1-3-5-7-8-6-4-2/h3,5H,1,4,6-8H2,2H3. The van der Waals surface area contributed by atoms with Crippen LogP contribution in [0.25, 0.3) is 0 Å². The van der Waals surface area contributed by atoms with Gasteiger partial charge in [0.15, 0.2) is 0 Å². The van der Waals surface area contributed by atoms with Crippen molar-refractivity contribution < 1.29 is 0 Å². The molecule has 0 amide bonds. The maximum Gasteiger partial charge on any atom is -0.0352 e. The first-order chi connectivity index (χ1) is 3.91. The van der Waals surface area contributed by atoms with Crippen molar-refractivity contribution in [3.63, 3.8) is 0 Å². The van der Waals surface area contributed by atoms with E-state index in [-0.39, 0.29) is 0 Å². The zero-order valence-electron chi connectivity index (χ0n) is 5.69. The molecule has 0 aromatic heterocycles. The van der Waals surface area contributed by atoms with Gasteiger partial charge in [0, 0.05) is 0 Å². The van der Waals surface area contributed by atoms with Crippen LogP contribution in [0.15, 0.2) is 0 Å². The summed E-state index contributed by atoms with van der Waals surface area (Å²) in [5, 5.41) is 0. The molecular weight excluding hydrogens is 96.1 g/mol. The Kier molecular flexibility index (Phi) is 7.00. The van der Waals surface area contributed by atoms with E-state index in [0.717, 1.165) is 0 Å². The fourth-order valence-corrected chi connectivity index (χ4v) is 0.630. The van der Waals surface area contributed by atoms with Crippen LogP contribution < -0.4 is 0 Å². The molecule has 0 heterocycles. The second kappa shape index (κ2) is 7.00. The molecule has 0 aliphatic rings. The van der Waals surface area contributed by atoms with E-state index in [2.05, 4.69) is 20.3 Å². The molecule has 0 N–H and O–H groups in total. The maximum absolute atomic E-state index is 3.60. The Bertz CT molecular complexity index is 25.0. The minimum Gasteiger partial charge on any atom is -0.0654 e. The van der Waals surface area contributed by atoms with Crippen LogP contribution in [-0.2, 0) is 0 Å². The van der Waals surface area contributed by atoms with Gasteiger partial charge in [-0.05, 0) is 26.2 Å². The molecule has 47 valence electrons. The summed E-state index contributed by atoms with van der Waals surface area (Å²) in [6.07, 6.45) is 9.18. The van der Waals surface area contributed by atoms with Gasteiger partial charge >= 0.3 is 0 Å². The molecule has 0 aromatic rings. The first-order valence-electron chi connectivity index (χ1n) is 3.36. The first-order valence-corrected chi connectivity index (χ1v) is 3.36. The van der Waals surface area contributed by atoms with Crippen molar-refractivity contribution in [2.45, 2.75) is 32.6 Å². The van der Waals surface area contributed by atoms with Crippen LogP contribution >= 0.6 is 0 Å². The van der Waals surface area contributed by atoms with E-state index in [0.29, 0.717) is 0 Å². The Balaban J connectivity index is 2.53. The van der Waals surface area contributed by atoms with Gasteiger partial charge in [-0.15, -0.1) is 0 Å². The molecule has 0 aliphatic carbocycles. The fraction of sp³-hybridized carbons (Fsp3) is 0.625. The van der Waals surface area contributed by atoms with Gasteiger partial charge in [0.25, 0.3) is 0 Å². The number of hydrogen-bond donors (Lipinski definition) is 0. The van der Waals surface area contributed by atoms with E-state index in [1.165, 1.54) is 25.7 Å². The molecule has 0 aromatic carbocycles. The zero-order chi connectivity index (χ0) is 6.24. The second-order valence-electron chi connectivity index (χ2n) is 1.97. The average molecular weight is 111 g/mol. The third kappa shape index (κ3) is 6.00. The first kappa shape index (κ1) is 8.00. The second-order valence-corrected chi connectivity index (χ2v) is 1.97. The summed E-state index contributed by atoms with van der Waals surface area (Å²) in [7, 11) is 0. The van der Waals surface area contributed by atoms with Crippen molar-refractivity contribution >= 4 is 0 Å². The lowest BCUT2D eigenvalue weighted by Gasteiger charge is -1.93. The van der Waals surface area contributed by atoms with E-state index in [1.807, 2.05) is 6.42 Å². The minimum absolute atomic E-state index is 1.21. The molecule has 0 nitrogen and oxygen atoms in total. The van der Waals surface area contributed by atoms with Crippen LogP contribution in [0.3, 0.4) is 0 Å². The molecule has 0 spiro atoms. The van der Waals surface area contributed by atoms with Crippen molar-refractivity contribution in [2.24, 2.45) is 0 Å². The van der Waals surface area contributed by atoms with Crippen molar-refractivity contribution in [2.75, 3.05) is 0 Å². The Hall–Kier alpha value is 0. The maximum atomic E-state index is 3.60. The van der Waals surface area contributed by atoms with Crippen molar-refractivity contribution in [3.05, 3.63) is 19.8 Å². The molecule has 0 fully saturated rings. The minimum atomic E-state index is 1.21. The Labute approximate surface area is 53.3 Å². The topological polar surface area (TPSA) is 0 Å². The normalized spacial score (nSPS) is 9.75. The van der Waals surface area contributed by atoms with E-state index in [9.17, 15) is 0 Å². The molecule has 0 rings (SSSR count). The summed E-state index contributed by atoms with van der Waals surface area (Å²) >= 11 is 0. The highest BCUT2D eigenvalue weighted by Gasteiger charge is 1.84. The summed E-state index contributed by atoms with van der Waals surface area (Å²) in [4.78, 5) is 0. The van der Waals surface area contributed by atoms with Gasteiger partial charge in [-0.3, -0.25) is 0 Å². The third-order valence-electron chi connectivity index (χ3n) is 1.14. The molecule has 0 saturated heterocycles. The molecule has 0 aliphatic heterocycles. The van der Waals surface area contributed by atoms with Crippen LogP contribution in [0.5, 0.6) is 0 Å². The van der Waals surface area contributed by atoms with E-state index >= 15 is 0 Å². The van der Waals surface area contributed by atoms with Crippen LogP contribution in [0.2, 0.25) is 0 Å². The van der Waals surface area contributed by atoms with Gasteiger partial charge in [0.2, 0.25) is 0 Å². The van der Waals surface area contributed by atoms with E-state index in [4.69, 9.17) is 0 Å². The van der Waals surface area contributed by atoms with Crippen molar-refractivity contribution in [1.82, 2.24) is 0 Å². The van der Waals surface area contributed by atoms with Gasteiger partial charge in [-0.2, -0.15) is 0 Å². The molecule has 0 unspecified atom stereocenters. The highest BCUT2D eigenvalue weighted by Crippen LogP contribution is 2.01. The number of hydrogen-bond acceptors (Lipinski definition) is 0. The van der Waals surface area contributed by atoms with Crippen molar-refractivity contribution in [3.8, 4) is 0 Å². The lowest BCUT2D eigenvalue weighted by molar-refractivity contribution is 0.714. The Morgan fingerprint density at radius 3 is 2.62 bits per heavy atom. The SMILES string of the molecule is [CH2][CH][CH]CCCCC. The summed E-state index contributed by atoms with van der Waals surface area (Å²) in [6.45, 7) is 5.82. The van der Waals surface area contributed by atoms with Crippen LogP contribution in [0, 0.1) is 19.8 Å². The van der Waals surface area contributed by atoms with Crippen molar-refractivity contribution in [1.29, 1.82) is 0 Å². The quantitative estimate of drug-likeness (QED) is 0.478. The molecule has 0 bridgehead atoms. The average Bonchev–Trinajstić information content (AvgIpc) is 1.81. The van der Waals surface area contributed by atoms with E-state index < -0.39 is 0 Å². The van der Waals surface area contributed by atoms with Gasteiger partial charge in [-0.1, -0.05) is 26.2 Å². The van der Waals surface area contributed by atoms with Gasteiger partial charge in [-0.25, -0.2) is 0 Å². The highest BCUT2D eigenvalue weighted by molar-refractivity contribution is 4.84. The van der Waals surface area contributed by atoms with Crippen LogP contribution in [0.1, 0.15) is 32.6 Å². The molecule has 8 heavy (non-hydrogen) atoms. The largest absolute Gasteiger partial charge is 0.0654 e. The molecule has 0 atom stereocenters. The number of rotatable bonds is 5. The van der Waals surface area contributed by atoms with Crippen LogP contribution in [-0.4, -0.2) is 0 Å². The van der Waals surface area contributed by atoms with Gasteiger partial charge in [0.1, 0.15) is 0 Å². The molecular formula is C8H15. The molecule has 0 heteroatoms. The zero-order valence-corrected chi connectivity index (χ0v) is 5.69. The lowest BCUT2D eigenvalue weighted by atomic mass is 10.1. The van der Waals surface area contributed by atoms with Gasteiger partial charge < -0.3 is 0 Å². The molecule has 3 radical (unpaired) electrons. The predicted octanol–water partition coefficient (Wildman–Crippen LogP) is 2.81. The van der Waals surface area contributed by atoms with E-state index in [1.54, 1.807) is 0 Å². The highest BCUT2D eigenvalue weighted by atomic mass is 13.9. The van der Waals surface area contributed by atoms with Crippen LogP contribution in [0.4, 0.5) is 0 Å². The lowest BCUT2D eigenvalue weighted by Crippen LogP contribution is -1.75. The molecule has 0 saturated carbocycles. The Morgan fingerprint density at radius 2 is 2.12 bits per heavy atom. The Morgan fingerprint density at radius 1 is 1.38 bits per heavy atom. The van der Waals surface area contributed by atoms with Gasteiger partial charge in [0.05, 0.1) is 0 Å². The summed E-state index contributed by atoms with van der Waals surface area (Å²) in [5.41, 5.74) is 0.